The van der Waals surface area contributed by atoms with Crippen LogP contribution in [0.25, 0.3) is 0 Å². The van der Waals surface area contributed by atoms with Crippen LogP contribution < -0.4 is 0 Å². The molecule has 0 amide bonds. The van der Waals surface area contributed by atoms with E-state index in [-0.39, 0.29) is 12.0 Å². The molecule has 0 aromatic carbocycles. The Hall–Kier alpha value is -0.783. The second-order valence-electron chi connectivity index (χ2n) is 6.58. The average Bonchev–Trinajstić information content (AvgIpc) is 2.39. The zero-order chi connectivity index (χ0) is 15.5. The predicted molar refractivity (Wildman–Crippen MR) is 93.4 cm³/mol. The number of unbranched alkanes of at least 4 members (excludes halogenated alkanes) is 2. The summed E-state index contributed by atoms with van der Waals surface area (Å²) in [6.45, 7) is 12.8. The van der Waals surface area contributed by atoms with Gasteiger partial charge in [-0.2, -0.15) is 0 Å². The highest BCUT2D eigenvalue weighted by atomic mass is 28.3. The van der Waals surface area contributed by atoms with Gasteiger partial charge in [0, 0.05) is 0 Å². The Bertz CT molecular complexity index is 354. The van der Waals surface area contributed by atoms with Crippen LogP contribution in [0.2, 0.25) is 19.6 Å². The molecule has 1 N–H and O–H groups in total. The number of allylic oxidation sites excluding steroid dienone is 3. The van der Waals surface area contributed by atoms with Crippen molar-refractivity contribution in [3.63, 3.8) is 0 Å². The minimum absolute atomic E-state index is 0.178. The molecule has 0 aliphatic rings. The van der Waals surface area contributed by atoms with Crippen LogP contribution in [0, 0.1) is 16.9 Å². The van der Waals surface area contributed by atoms with Gasteiger partial charge in [0.15, 0.2) is 0 Å². The first-order valence-corrected chi connectivity index (χ1v) is 11.3. The highest BCUT2D eigenvalue weighted by Gasteiger charge is 2.26. The van der Waals surface area contributed by atoms with Gasteiger partial charge in [0.2, 0.25) is 0 Å². The zero-order valence-corrected chi connectivity index (χ0v) is 14.8. The second-order valence-corrected chi connectivity index (χ2v) is 11.3. The van der Waals surface area contributed by atoms with Crippen LogP contribution in [0.15, 0.2) is 24.8 Å². The Balaban J connectivity index is 4.84. The molecule has 0 aliphatic heterocycles. The van der Waals surface area contributed by atoms with Crippen molar-refractivity contribution in [3.8, 4) is 11.5 Å². The minimum Gasteiger partial charge on any atom is -0.395 e. The van der Waals surface area contributed by atoms with Gasteiger partial charge in [-0.05, 0) is 45.4 Å². The Morgan fingerprint density at radius 3 is 2.20 bits per heavy atom. The van der Waals surface area contributed by atoms with Crippen molar-refractivity contribution in [1.29, 1.82) is 0 Å². The van der Waals surface area contributed by atoms with E-state index in [2.05, 4.69) is 49.8 Å². The topological polar surface area (TPSA) is 20.2 Å². The highest BCUT2D eigenvalue weighted by molar-refractivity contribution is 6.83. The lowest BCUT2D eigenvalue weighted by molar-refractivity contribution is 0.154. The largest absolute Gasteiger partial charge is 0.395 e. The summed E-state index contributed by atoms with van der Waals surface area (Å²) in [4.78, 5) is 0. The molecule has 0 aromatic rings. The Morgan fingerprint density at radius 2 is 1.75 bits per heavy atom. The molecule has 0 rings (SSSR count). The van der Waals surface area contributed by atoms with Crippen LogP contribution >= 0.6 is 0 Å². The summed E-state index contributed by atoms with van der Waals surface area (Å²) in [7, 11) is -1.39. The van der Waals surface area contributed by atoms with E-state index in [9.17, 15) is 5.11 Å². The molecule has 0 unspecified atom stereocenters. The van der Waals surface area contributed by atoms with E-state index < -0.39 is 8.07 Å². The number of hydrogen-bond donors (Lipinski definition) is 1. The summed E-state index contributed by atoms with van der Waals surface area (Å²) < 4.78 is 0. The molecular formula is C18H32OSi. The van der Waals surface area contributed by atoms with Crippen molar-refractivity contribution in [3.05, 3.63) is 24.8 Å². The summed E-state index contributed by atoms with van der Waals surface area (Å²) in [5.41, 5.74) is 3.26. The molecule has 20 heavy (non-hydrogen) atoms. The third-order valence-corrected chi connectivity index (χ3v) is 4.21. The van der Waals surface area contributed by atoms with Crippen LogP contribution in [0.1, 0.15) is 45.4 Å². The van der Waals surface area contributed by atoms with Gasteiger partial charge in [-0.3, -0.25) is 0 Å². The monoisotopic (exact) mass is 292 g/mol. The molecule has 0 fully saturated rings. The lowest BCUT2D eigenvalue weighted by atomic mass is 9.79. The molecule has 0 heterocycles. The van der Waals surface area contributed by atoms with Crippen LogP contribution in [-0.2, 0) is 0 Å². The van der Waals surface area contributed by atoms with Crippen LogP contribution in [0.4, 0.5) is 0 Å². The average molecular weight is 293 g/mol. The van der Waals surface area contributed by atoms with E-state index >= 15 is 0 Å². The van der Waals surface area contributed by atoms with Gasteiger partial charge in [0.05, 0.1) is 12.0 Å². The first-order chi connectivity index (χ1) is 9.39. The smallest absolute Gasteiger partial charge is 0.129 e. The van der Waals surface area contributed by atoms with Crippen molar-refractivity contribution in [2.75, 3.05) is 6.61 Å². The standard InChI is InChI=1S/C18H32OSi/c1-6-8-10-12-14-18(17-19,13-11-9-7-2)15-16-20(3,4)5/h6-8,19H,2,9-14,17H2,1,3-5H3/b8-6+/t18-/m0/s1. The maximum absolute atomic E-state index is 9.90. The van der Waals surface area contributed by atoms with Gasteiger partial charge >= 0.3 is 0 Å². The first kappa shape index (κ1) is 19.2. The molecule has 0 saturated carbocycles. The van der Waals surface area contributed by atoms with Gasteiger partial charge in [-0.15, -0.1) is 18.0 Å². The SMILES string of the molecule is C=CCCC[C@](C#C[Si](C)(C)C)(CO)CCC/C=C/C. The van der Waals surface area contributed by atoms with Crippen molar-refractivity contribution in [2.24, 2.45) is 5.41 Å². The summed E-state index contributed by atoms with van der Waals surface area (Å²) in [6, 6.07) is 0. The predicted octanol–water partition coefficient (Wildman–Crippen LogP) is 4.95. The fourth-order valence-electron chi connectivity index (χ4n) is 2.08. The minimum atomic E-state index is -1.39. The summed E-state index contributed by atoms with van der Waals surface area (Å²) in [5.74, 6) is 3.46. The Morgan fingerprint density at radius 1 is 1.15 bits per heavy atom. The van der Waals surface area contributed by atoms with Crippen LogP contribution in [0.5, 0.6) is 0 Å². The maximum Gasteiger partial charge on any atom is 0.129 e. The van der Waals surface area contributed by atoms with E-state index in [1.165, 1.54) is 0 Å². The highest BCUT2D eigenvalue weighted by Crippen LogP contribution is 2.30. The van der Waals surface area contributed by atoms with E-state index in [1.807, 2.05) is 13.0 Å². The van der Waals surface area contributed by atoms with Crippen molar-refractivity contribution in [2.45, 2.75) is 65.1 Å². The van der Waals surface area contributed by atoms with Crippen LogP contribution in [-0.4, -0.2) is 19.8 Å². The number of aliphatic hydroxyl groups excluding tert-OH is 1. The van der Waals surface area contributed by atoms with E-state index in [4.69, 9.17) is 0 Å². The summed E-state index contributed by atoms with van der Waals surface area (Å²) in [5, 5.41) is 9.90. The Kier molecular flexibility index (Phi) is 9.63. The molecule has 0 saturated heterocycles. The molecule has 0 aromatic heterocycles. The van der Waals surface area contributed by atoms with Gasteiger partial charge in [0.25, 0.3) is 0 Å². The summed E-state index contributed by atoms with van der Waals surface area (Å²) in [6.07, 6.45) is 12.4. The zero-order valence-electron chi connectivity index (χ0n) is 13.8. The molecule has 0 aliphatic carbocycles. The third-order valence-electron chi connectivity index (χ3n) is 3.33. The second kappa shape index (κ2) is 10.0. The number of rotatable bonds is 9. The lowest BCUT2D eigenvalue weighted by Crippen LogP contribution is -2.26. The summed E-state index contributed by atoms with van der Waals surface area (Å²) >= 11 is 0. The molecule has 0 spiro atoms. The van der Waals surface area contributed by atoms with Crippen molar-refractivity contribution < 1.29 is 5.11 Å². The normalized spacial score (nSPS) is 14.7. The Labute approximate surface area is 127 Å². The molecular weight excluding hydrogens is 260 g/mol. The third kappa shape index (κ3) is 9.17. The van der Waals surface area contributed by atoms with E-state index in [0.29, 0.717) is 0 Å². The quantitative estimate of drug-likeness (QED) is 0.276. The molecule has 1 nitrogen and oxygen atoms in total. The maximum atomic E-state index is 9.90. The molecule has 0 radical (unpaired) electrons. The number of aliphatic hydroxyl groups is 1. The van der Waals surface area contributed by atoms with Crippen molar-refractivity contribution >= 4 is 8.07 Å². The molecule has 114 valence electrons. The van der Waals surface area contributed by atoms with Gasteiger partial charge < -0.3 is 5.11 Å². The molecule has 1 atom stereocenters. The lowest BCUT2D eigenvalue weighted by Gasteiger charge is -2.27. The first-order valence-electron chi connectivity index (χ1n) is 7.76. The number of hydrogen-bond acceptors (Lipinski definition) is 1. The van der Waals surface area contributed by atoms with E-state index in [1.54, 1.807) is 0 Å². The van der Waals surface area contributed by atoms with Gasteiger partial charge in [-0.25, -0.2) is 0 Å². The molecule has 2 heteroatoms. The van der Waals surface area contributed by atoms with Crippen LogP contribution in [0.3, 0.4) is 0 Å². The molecule has 0 bridgehead atoms. The fraction of sp³-hybridized carbons (Fsp3) is 0.667. The fourth-order valence-corrected chi connectivity index (χ4v) is 2.72. The van der Waals surface area contributed by atoms with Gasteiger partial charge in [0.1, 0.15) is 8.07 Å². The van der Waals surface area contributed by atoms with Crippen molar-refractivity contribution in [1.82, 2.24) is 0 Å². The van der Waals surface area contributed by atoms with E-state index in [0.717, 1.165) is 38.5 Å². The van der Waals surface area contributed by atoms with Gasteiger partial charge in [-0.1, -0.05) is 37.9 Å².